The number of nitrogens with zero attached hydrogens (tertiary/aromatic N) is 2. The molecular formula is C25H31N3S. The van der Waals surface area contributed by atoms with Crippen LogP contribution in [-0.2, 0) is 0 Å². The Labute approximate surface area is 180 Å². The molecule has 3 atom stereocenters. The molecule has 1 aliphatic heterocycles. The van der Waals surface area contributed by atoms with Crippen molar-refractivity contribution in [3.63, 3.8) is 0 Å². The van der Waals surface area contributed by atoms with Gasteiger partial charge < -0.3 is 10.2 Å². The molecule has 29 heavy (non-hydrogen) atoms. The molecule has 152 valence electrons. The van der Waals surface area contributed by atoms with Gasteiger partial charge in [0.15, 0.2) is 5.11 Å². The van der Waals surface area contributed by atoms with Crippen molar-refractivity contribution in [3.8, 4) is 0 Å². The van der Waals surface area contributed by atoms with Crippen LogP contribution in [0, 0.1) is 11.8 Å². The Kier molecular flexibility index (Phi) is 5.56. The summed E-state index contributed by atoms with van der Waals surface area (Å²) >= 11 is 5.81. The summed E-state index contributed by atoms with van der Waals surface area (Å²) in [6.45, 7) is 4.08. The van der Waals surface area contributed by atoms with Gasteiger partial charge in [-0.05, 0) is 54.4 Å². The van der Waals surface area contributed by atoms with Crippen molar-refractivity contribution in [2.45, 2.75) is 37.8 Å². The third-order valence-corrected chi connectivity index (χ3v) is 7.62. The standard InChI is InChI=1S/C25H31N3S/c29-25(26-23-18-19-11-12-22(23)17-19)28-15-13-27(14-16-28)24(20-7-3-1-4-8-20)21-9-5-2-6-10-21/h1-10,19,22-24H,11-18H2,(H,26,29). The Morgan fingerprint density at radius 3 is 1.97 bits per heavy atom. The molecule has 2 aromatic rings. The molecule has 4 heteroatoms. The van der Waals surface area contributed by atoms with E-state index in [4.69, 9.17) is 12.2 Å². The molecule has 2 aliphatic carbocycles. The summed E-state index contributed by atoms with van der Waals surface area (Å²) in [4.78, 5) is 5.01. The molecule has 3 fully saturated rings. The zero-order valence-corrected chi connectivity index (χ0v) is 17.9. The maximum Gasteiger partial charge on any atom is 0.169 e. The van der Waals surface area contributed by atoms with Crippen LogP contribution in [0.5, 0.6) is 0 Å². The number of hydrogen-bond acceptors (Lipinski definition) is 2. The van der Waals surface area contributed by atoms with E-state index in [1.807, 2.05) is 0 Å². The first-order valence-electron chi connectivity index (χ1n) is 11.2. The minimum absolute atomic E-state index is 0.312. The van der Waals surface area contributed by atoms with Gasteiger partial charge in [0.05, 0.1) is 6.04 Å². The highest BCUT2D eigenvalue weighted by atomic mass is 32.1. The first kappa shape index (κ1) is 19.1. The molecule has 0 radical (unpaired) electrons. The number of nitrogens with one attached hydrogen (secondary N) is 1. The van der Waals surface area contributed by atoms with Crippen LogP contribution in [0.4, 0.5) is 0 Å². The summed E-state index contributed by atoms with van der Waals surface area (Å²) in [7, 11) is 0. The summed E-state index contributed by atoms with van der Waals surface area (Å²) in [5, 5.41) is 4.71. The van der Waals surface area contributed by atoms with Gasteiger partial charge >= 0.3 is 0 Å². The predicted molar refractivity (Wildman–Crippen MR) is 123 cm³/mol. The number of benzene rings is 2. The van der Waals surface area contributed by atoms with Crippen LogP contribution in [-0.4, -0.2) is 47.1 Å². The first-order valence-corrected chi connectivity index (χ1v) is 11.6. The second kappa shape index (κ2) is 8.45. The number of rotatable bonds is 4. The van der Waals surface area contributed by atoms with Crippen LogP contribution >= 0.6 is 12.2 Å². The van der Waals surface area contributed by atoms with Crippen LogP contribution in [0.3, 0.4) is 0 Å². The Morgan fingerprint density at radius 2 is 1.45 bits per heavy atom. The van der Waals surface area contributed by atoms with Gasteiger partial charge in [-0.2, -0.15) is 0 Å². The van der Waals surface area contributed by atoms with Gasteiger partial charge in [0.2, 0.25) is 0 Å². The van der Waals surface area contributed by atoms with Gasteiger partial charge in [0.1, 0.15) is 0 Å². The predicted octanol–water partition coefficient (Wildman–Crippen LogP) is 4.46. The van der Waals surface area contributed by atoms with Crippen molar-refractivity contribution in [2.75, 3.05) is 26.2 Å². The SMILES string of the molecule is S=C(NC1CC2CCC1C2)N1CCN(C(c2ccccc2)c2ccccc2)CC1. The van der Waals surface area contributed by atoms with E-state index in [2.05, 4.69) is 75.8 Å². The van der Waals surface area contributed by atoms with Crippen molar-refractivity contribution in [1.82, 2.24) is 15.1 Å². The molecule has 2 aromatic carbocycles. The highest BCUT2D eigenvalue weighted by Gasteiger charge is 2.40. The molecule has 3 unspecified atom stereocenters. The topological polar surface area (TPSA) is 18.5 Å². The highest BCUT2D eigenvalue weighted by molar-refractivity contribution is 7.80. The molecule has 1 N–H and O–H groups in total. The Bertz CT molecular complexity index is 777. The fourth-order valence-electron chi connectivity index (χ4n) is 5.74. The zero-order valence-electron chi connectivity index (χ0n) is 17.0. The molecule has 2 saturated carbocycles. The van der Waals surface area contributed by atoms with E-state index in [-0.39, 0.29) is 0 Å². The fraction of sp³-hybridized carbons (Fsp3) is 0.480. The largest absolute Gasteiger partial charge is 0.360 e. The van der Waals surface area contributed by atoms with E-state index in [0.29, 0.717) is 12.1 Å². The van der Waals surface area contributed by atoms with Crippen molar-refractivity contribution < 1.29 is 0 Å². The van der Waals surface area contributed by atoms with Gasteiger partial charge in [0.25, 0.3) is 0 Å². The molecule has 0 spiro atoms. The van der Waals surface area contributed by atoms with Crippen LogP contribution < -0.4 is 5.32 Å². The van der Waals surface area contributed by atoms with E-state index in [1.165, 1.54) is 36.8 Å². The molecule has 0 amide bonds. The number of piperazine rings is 1. The number of fused-ring (bicyclic) bond motifs is 2. The second-order valence-electron chi connectivity index (χ2n) is 8.98. The Morgan fingerprint density at radius 1 is 0.828 bits per heavy atom. The van der Waals surface area contributed by atoms with E-state index in [0.717, 1.165) is 43.1 Å². The van der Waals surface area contributed by atoms with Gasteiger partial charge in [0, 0.05) is 32.2 Å². The molecule has 0 aromatic heterocycles. The minimum Gasteiger partial charge on any atom is -0.360 e. The fourth-order valence-corrected chi connectivity index (χ4v) is 6.07. The second-order valence-corrected chi connectivity index (χ2v) is 9.36. The maximum absolute atomic E-state index is 5.81. The molecular weight excluding hydrogens is 374 g/mol. The monoisotopic (exact) mass is 405 g/mol. The first-order chi connectivity index (χ1) is 14.3. The zero-order chi connectivity index (χ0) is 19.6. The molecule has 3 nitrogen and oxygen atoms in total. The van der Waals surface area contributed by atoms with Crippen LogP contribution in [0.15, 0.2) is 60.7 Å². The summed E-state index contributed by atoms with van der Waals surface area (Å²) in [6.07, 6.45) is 5.59. The van der Waals surface area contributed by atoms with Gasteiger partial charge in [-0.3, -0.25) is 4.90 Å². The summed E-state index contributed by atoms with van der Waals surface area (Å²) in [6, 6.07) is 22.8. The smallest absolute Gasteiger partial charge is 0.169 e. The van der Waals surface area contributed by atoms with Crippen molar-refractivity contribution >= 4 is 17.3 Å². The van der Waals surface area contributed by atoms with Crippen molar-refractivity contribution in [1.29, 1.82) is 0 Å². The molecule has 1 heterocycles. The lowest BCUT2D eigenvalue weighted by Gasteiger charge is -2.41. The van der Waals surface area contributed by atoms with Crippen LogP contribution in [0.25, 0.3) is 0 Å². The van der Waals surface area contributed by atoms with E-state index >= 15 is 0 Å². The Balaban J connectivity index is 1.24. The lowest BCUT2D eigenvalue weighted by molar-refractivity contribution is 0.148. The van der Waals surface area contributed by atoms with Gasteiger partial charge in [-0.1, -0.05) is 67.1 Å². The number of hydrogen-bond donors (Lipinski definition) is 1. The molecule has 2 bridgehead atoms. The van der Waals surface area contributed by atoms with Crippen molar-refractivity contribution in [2.24, 2.45) is 11.8 Å². The molecule has 5 rings (SSSR count). The maximum atomic E-state index is 5.81. The molecule has 1 saturated heterocycles. The minimum atomic E-state index is 0.312. The van der Waals surface area contributed by atoms with E-state index in [9.17, 15) is 0 Å². The number of thiocarbonyl (C=S) groups is 1. The quantitative estimate of drug-likeness (QED) is 0.757. The molecule has 3 aliphatic rings. The summed E-state index contributed by atoms with van der Waals surface area (Å²) < 4.78 is 0. The van der Waals surface area contributed by atoms with Gasteiger partial charge in [-0.25, -0.2) is 0 Å². The third-order valence-electron chi connectivity index (χ3n) is 7.24. The lowest BCUT2D eigenvalue weighted by atomic mass is 9.95. The average molecular weight is 406 g/mol. The van der Waals surface area contributed by atoms with Gasteiger partial charge in [-0.15, -0.1) is 0 Å². The van der Waals surface area contributed by atoms with E-state index < -0.39 is 0 Å². The van der Waals surface area contributed by atoms with Crippen LogP contribution in [0.2, 0.25) is 0 Å². The normalized spacial score (nSPS) is 26.8. The summed E-state index contributed by atoms with van der Waals surface area (Å²) in [5.74, 6) is 1.81. The Hall–Kier alpha value is -1.91. The van der Waals surface area contributed by atoms with E-state index in [1.54, 1.807) is 0 Å². The van der Waals surface area contributed by atoms with Crippen LogP contribution in [0.1, 0.15) is 42.9 Å². The summed E-state index contributed by atoms with van der Waals surface area (Å²) in [5.41, 5.74) is 2.74. The third kappa shape index (κ3) is 4.06. The average Bonchev–Trinajstić information content (AvgIpc) is 3.39. The lowest BCUT2D eigenvalue weighted by Crippen LogP contribution is -2.54. The highest BCUT2D eigenvalue weighted by Crippen LogP contribution is 2.44. The van der Waals surface area contributed by atoms with Crippen molar-refractivity contribution in [3.05, 3.63) is 71.8 Å².